The van der Waals surface area contributed by atoms with Crippen LogP contribution in [-0.4, -0.2) is 30.7 Å². The molecule has 0 unspecified atom stereocenters. The molecule has 0 amide bonds. The van der Waals surface area contributed by atoms with Crippen molar-refractivity contribution in [2.75, 3.05) is 16.5 Å². The predicted octanol–water partition coefficient (Wildman–Crippen LogP) is 13.1. The van der Waals surface area contributed by atoms with Gasteiger partial charge >= 0.3 is 185 Å². The van der Waals surface area contributed by atoms with Crippen molar-refractivity contribution in [3.8, 4) is 39.6 Å². The van der Waals surface area contributed by atoms with Crippen LogP contribution in [-0.2, 0) is 0 Å². The molecule has 0 spiro atoms. The Morgan fingerprint density at radius 1 is 0.526 bits per heavy atom. The van der Waals surface area contributed by atoms with Crippen LogP contribution < -0.4 is 14.5 Å². The molecule has 7 aromatic carbocycles. The quantitative estimate of drug-likeness (QED) is 0.150. The summed E-state index contributed by atoms with van der Waals surface area (Å²) in [5.74, 6) is 2.50. The molecule has 4 heterocycles. The van der Waals surface area contributed by atoms with Crippen molar-refractivity contribution in [2.24, 2.45) is 0 Å². The molecule has 3 aromatic heterocycles. The molecule has 272 valence electrons. The van der Waals surface area contributed by atoms with Crippen LogP contribution in [0.25, 0.3) is 59.7 Å². The fraction of sp³-hybridized carbons (Fsp3) is 0.0392. The molecular formula is C51H36N4OSe. The van der Waals surface area contributed by atoms with Gasteiger partial charge in [-0.2, -0.15) is 0 Å². The number of benzene rings is 7. The third-order valence-electron chi connectivity index (χ3n) is 11.1. The van der Waals surface area contributed by atoms with Gasteiger partial charge in [0.1, 0.15) is 6.67 Å². The molecular weight excluding hydrogens is 764 g/mol. The number of hydrogen-bond donors (Lipinski definition) is 0. The Kier molecular flexibility index (Phi) is 8.06. The van der Waals surface area contributed by atoms with E-state index in [-0.39, 0.29) is 14.5 Å². The first-order chi connectivity index (χ1) is 28.2. The summed E-state index contributed by atoms with van der Waals surface area (Å²) in [6, 6.07) is 64.7. The number of aryl methyl sites for hydroxylation is 1. The Balaban J connectivity index is 0.981. The molecule has 0 bridgehead atoms. The maximum absolute atomic E-state index is 6.74. The van der Waals surface area contributed by atoms with E-state index < -0.39 is 0 Å². The summed E-state index contributed by atoms with van der Waals surface area (Å²) in [5, 5.41) is 3.64. The molecule has 57 heavy (non-hydrogen) atoms. The van der Waals surface area contributed by atoms with Gasteiger partial charge in [0.05, 0.1) is 17.1 Å². The number of aromatic nitrogens is 2. The van der Waals surface area contributed by atoms with Gasteiger partial charge in [0.2, 0.25) is 0 Å². The number of ether oxygens (including phenoxy) is 1. The number of rotatable bonds is 7. The first-order valence-corrected chi connectivity index (χ1v) is 21.1. The van der Waals surface area contributed by atoms with Gasteiger partial charge in [0.15, 0.2) is 0 Å². The summed E-state index contributed by atoms with van der Waals surface area (Å²) in [7, 11) is 0. The summed E-state index contributed by atoms with van der Waals surface area (Å²) >= 11 is 0.247. The van der Waals surface area contributed by atoms with E-state index in [1.54, 1.807) is 0 Å². The molecule has 5 nitrogen and oxygen atoms in total. The third-order valence-corrected chi connectivity index (χ3v) is 12.8. The Bertz CT molecular complexity index is 3060. The summed E-state index contributed by atoms with van der Waals surface area (Å²) in [6.07, 6.45) is 0. The van der Waals surface area contributed by atoms with Crippen LogP contribution >= 0.6 is 0 Å². The van der Waals surface area contributed by atoms with Crippen molar-refractivity contribution in [3.05, 3.63) is 192 Å². The summed E-state index contributed by atoms with van der Waals surface area (Å²) in [4.78, 5) is 12.3. The second-order valence-corrected chi connectivity index (χ2v) is 16.4. The minimum atomic E-state index is 0.247. The molecule has 0 saturated heterocycles. The van der Waals surface area contributed by atoms with E-state index in [4.69, 9.17) is 9.72 Å². The SMILES string of the molecule is Cc1cc(-n2c3ccccc3c3ccc(Oc4cccc(N5CN(c6c(-c7ccccc7)cccc6-c6ccccc6)c6ccccc65)c4)cc32)nc2[se]ccc12. The molecule has 0 saturated carbocycles. The van der Waals surface area contributed by atoms with Crippen molar-refractivity contribution >= 4 is 68.8 Å². The Morgan fingerprint density at radius 3 is 1.95 bits per heavy atom. The summed E-state index contributed by atoms with van der Waals surface area (Å²) in [6.45, 7) is 2.83. The van der Waals surface area contributed by atoms with Gasteiger partial charge in [-0.15, -0.1) is 0 Å². The van der Waals surface area contributed by atoms with Gasteiger partial charge < -0.3 is 4.90 Å². The van der Waals surface area contributed by atoms with E-state index >= 15 is 0 Å². The van der Waals surface area contributed by atoms with Crippen LogP contribution in [0.3, 0.4) is 0 Å². The maximum atomic E-state index is 6.74. The third kappa shape index (κ3) is 5.72. The van der Waals surface area contributed by atoms with Crippen LogP contribution in [0.2, 0.25) is 0 Å². The van der Waals surface area contributed by atoms with Crippen LogP contribution in [0.5, 0.6) is 11.5 Å². The molecule has 10 aromatic rings. The zero-order valence-corrected chi connectivity index (χ0v) is 32.9. The van der Waals surface area contributed by atoms with Crippen molar-refractivity contribution < 1.29 is 4.74 Å². The van der Waals surface area contributed by atoms with Crippen molar-refractivity contribution in [1.29, 1.82) is 0 Å². The van der Waals surface area contributed by atoms with Gasteiger partial charge in [0, 0.05) is 11.1 Å². The molecule has 0 radical (unpaired) electrons. The van der Waals surface area contributed by atoms with Crippen molar-refractivity contribution in [2.45, 2.75) is 6.92 Å². The molecule has 0 atom stereocenters. The minimum absolute atomic E-state index is 0.247. The second kappa shape index (κ2) is 13.7. The number of hydrogen-bond acceptors (Lipinski definition) is 4. The van der Waals surface area contributed by atoms with Gasteiger partial charge in [0.25, 0.3) is 0 Å². The Morgan fingerprint density at radius 2 is 1.18 bits per heavy atom. The Hall–Kier alpha value is -6.85. The van der Waals surface area contributed by atoms with E-state index in [0.717, 1.165) is 45.4 Å². The molecule has 6 heteroatoms. The summed E-state index contributed by atoms with van der Waals surface area (Å²) in [5.41, 5.74) is 12.8. The average Bonchev–Trinajstić information content (AvgIpc) is 3.99. The van der Waals surface area contributed by atoms with Crippen LogP contribution in [0.1, 0.15) is 5.56 Å². The Labute approximate surface area is 337 Å². The molecule has 0 N–H and O–H groups in total. The standard InChI is InChI=1S/C51H36N4OSe/c1-34-30-49(52-51-40(34)28-29-57-51)55-45-23-9-8-20-43(45)44-27-26-39(32-48(44)55)56-38-19-12-18-37(31-38)53-33-54(47-25-11-10-24-46(47)53)50-41(35-14-4-2-5-15-35)21-13-22-42(50)36-16-6-3-7-17-36/h2-32H,33H2,1H3. The number of fused-ring (bicyclic) bond motifs is 5. The number of para-hydroxylation sites is 4. The van der Waals surface area contributed by atoms with Gasteiger partial charge in [-0.05, 0) is 23.3 Å². The zero-order chi connectivity index (χ0) is 37.9. The monoisotopic (exact) mass is 800 g/mol. The number of pyridine rings is 1. The van der Waals surface area contributed by atoms with E-state index in [1.165, 1.54) is 54.1 Å². The first kappa shape index (κ1) is 33.5. The fourth-order valence-electron chi connectivity index (χ4n) is 8.48. The fourth-order valence-corrected chi connectivity index (χ4v) is 10.2. The van der Waals surface area contributed by atoms with Crippen molar-refractivity contribution in [1.82, 2.24) is 9.55 Å². The second-order valence-electron chi connectivity index (χ2n) is 14.5. The molecule has 11 rings (SSSR count). The molecule has 0 aliphatic carbocycles. The molecule has 1 aliphatic rings. The van der Waals surface area contributed by atoms with E-state index in [0.29, 0.717) is 6.67 Å². The van der Waals surface area contributed by atoms with E-state index in [1.807, 2.05) is 6.07 Å². The van der Waals surface area contributed by atoms with Crippen molar-refractivity contribution in [3.63, 3.8) is 0 Å². The van der Waals surface area contributed by atoms with Gasteiger partial charge in [-0.3, -0.25) is 0 Å². The molecule has 1 aliphatic heterocycles. The number of nitrogens with zero attached hydrogens (tertiary/aromatic N) is 4. The van der Waals surface area contributed by atoms with Crippen LogP contribution in [0, 0.1) is 6.92 Å². The first-order valence-electron chi connectivity index (χ1n) is 19.2. The zero-order valence-electron chi connectivity index (χ0n) is 31.2. The average molecular weight is 800 g/mol. The van der Waals surface area contributed by atoms with E-state index in [2.05, 4.69) is 202 Å². The van der Waals surface area contributed by atoms with E-state index in [9.17, 15) is 0 Å². The van der Waals surface area contributed by atoms with Gasteiger partial charge in [-0.1, -0.05) is 91.0 Å². The summed E-state index contributed by atoms with van der Waals surface area (Å²) < 4.78 is 10.2. The number of anilines is 4. The topological polar surface area (TPSA) is 33.5 Å². The molecule has 0 fully saturated rings. The predicted molar refractivity (Wildman–Crippen MR) is 237 cm³/mol. The van der Waals surface area contributed by atoms with Crippen LogP contribution in [0.4, 0.5) is 22.7 Å². The van der Waals surface area contributed by atoms with Gasteiger partial charge in [-0.25, -0.2) is 0 Å². The van der Waals surface area contributed by atoms with Crippen LogP contribution in [0.15, 0.2) is 187 Å². The normalized spacial score (nSPS) is 12.5.